The Morgan fingerprint density at radius 3 is 2.73 bits per heavy atom. The van der Waals surface area contributed by atoms with Crippen LogP contribution in [0.5, 0.6) is 0 Å². The maximum atomic E-state index is 11.4. The normalized spacial score (nSPS) is 27.8. The zero-order valence-corrected chi connectivity index (χ0v) is 8.23. The molecule has 0 aromatic carbocycles. The summed E-state index contributed by atoms with van der Waals surface area (Å²) in [4.78, 5) is 22.7. The molecule has 1 fully saturated rings. The Balaban J connectivity index is 3.01. The average molecular weight is 215 g/mol. The lowest BCUT2D eigenvalue weighted by Crippen LogP contribution is -2.63. The average Bonchev–Trinajstić information content (AvgIpc) is 2.30. The van der Waals surface area contributed by atoms with Gasteiger partial charge in [0, 0.05) is 0 Å². The molecule has 0 unspecified atom stereocenters. The Labute approximate surface area is 86.2 Å². The van der Waals surface area contributed by atoms with Crippen molar-refractivity contribution in [2.75, 3.05) is 6.54 Å². The fraction of sp³-hybridized carbons (Fsp3) is 0.500. The number of carbonyl (C=O) groups excluding carboxylic acids is 1. The van der Waals surface area contributed by atoms with Gasteiger partial charge in [0.25, 0.3) is 5.91 Å². The van der Waals surface area contributed by atoms with Crippen LogP contribution in [0.15, 0.2) is 12.3 Å². The maximum absolute atomic E-state index is 11.4. The lowest BCUT2D eigenvalue weighted by molar-refractivity contribution is -0.163. The molecule has 1 amide bonds. The minimum absolute atomic E-state index is 0.0731. The number of carboxylic acids is 1. The largest absolute Gasteiger partial charge is 0.480 e. The number of aliphatic carboxylic acids is 1. The number of amides is 1. The molecule has 15 heavy (non-hydrogen) atoms. The molecule has 2 atom stereocenters. The third-order valence-corrected chi connectivity index (χ3v) is 2.18. The van der Waals surface area contributed by atoms with Gasteiger partial charge in [-0.3, -0.25) is 14.5 Å². The Morgan fingerprint density at radius 1 is 1.80 bits per heavy atom. The first kappa shape index (κ1) is 11.5. The van der Waals surface area contributed by atoms with Crippen molar-refractivity contribution in [1.29, 1.82) is 0 Å². The summed E-state index contributed by atoms with van der Waals surface area (Å²) in [6.07, 6.45) is 0. The highest BCUT2D eigenvalue weighted by atomic mass is 16.4. The van der Waals surface area contributed by atoms with Crippen LogP contribution in [0.2, 0.25) is 0 Å². The van der Waals surface area contributed by atoms with E-state index >= 15 is 0 Å². The Hall–Kier alpha value is -1.60. The molecule has 1 saturated heterocycles. The van der Waals surface area contributed by atoms with Crippen LogP contribution in [-0.4, -0.2) is 45.4 Å². The number of nitrogens with two attached hydrogens (primary N) is 1. The molecule has 84 valence electrons. The molecule has 1 aliphatic rings. The van der Waals surface area contributed by atoms with Crippen LogP contribution in [0, 0.1) is 0 Å². The molecule has 7 heteroatoms. The first-order valence-electron chi connectivity index (χ1n) is 4.28. The van der Waals surface area contributed by atoms with Crippen LogP contribution in [0.25, 0.3) is 0 Å². The summed E-state index contributed by atoms with van der Waals surface area (Å²) < 4.78 is 0. The number of aliphatic hydroxyl groups is 1. The zero-order valence-electron chi connectivity index (χ0n) is 8.23. The third-order valence-electron chi connectivity index (χ3n) is 2.18. The molecule has 0 aromatic heterocycles. The van der Waals surface area contributed by atoms with E-state index in [1.165, 1.54) is 6.92 Å². The van der Waals surface area contributed by atoms with E-state index in [4.69, 9.17) is 10.8 Å². The molecule has 1 heterocycles. The monoisotopic (exact) mass is 215 g/mol. The Kier molecular flexibility index (Phi) is 2.69. The van der Waals surface area contributed by atoms with E-state index in [1.54, 1.807) is 0 Å². The van der Waals surface area contributed by atoms with Crippen LogP contribution in [0.1, 0.15) is 6.92 Å². The van der Waals surface area contributed by atoms with Gasteiger partial charge >= 0.3 is 5.97 Å². The van der Waals surface area contributed by atoms with Gasteiger partial charge in [-0.25, -0.2) is 0 Å². The van der Waals surface area contributed by atoms with Crippen molar-refractivity contribution in [3.8, 4) is 0 Å². The fourth-order valence-corrected chi connectivity index (χ4v) is 1.35. The van der Waals surface area contributed by atoms with Gasteiger partial charge in [0.15, 0.2) is 0 Å². The number of rotatable bonds is 3. The van der Waals surface area contributed by atoms with Crippen molar-refractivity contribution in [1.82, 2.24) is 10.2 Å². The van der Waals surface area contributed by atoms with E-state index in [1.807, 2.05) is 0 Å². The van der Waals surface area contributed by atoms with Gasteiger partial charge in [-0.2, -0.15) is 0 Å². The highest BCUT2D eigenvalue weighted by Crippen LogP contribution is 2.22. The summed E-state index contributed by atoms with van der Waals surface area (Å²) in [6.45, 7) is 4.18. The molecule has 1 rings (SSSR count). The molecule has 0 aromatic rings. The molecule has 7 nitrogen and oxygen atoms in total. The van der Waals surface area contributed by atoms with Crippen LogP contribution in [0.3, 0.4) is 0 Å². The van der Waals surface area contributed by atoms with Crippen LogP contribution >= 0.6 is 0 Å². The van der Waals surface area contributed by atoms with Crippen LogP contribution in [0.4, 0.5) is 0 Å². The van der Waals surface area contributed by atoms with Gasteiger partial charge in [-0.05, 0) is 6.92 Å². The highest BCUT2D eigenvalue weighted by Gasteiger charge is 2.49. The number of carboxylic acid groups (broad SMARTS) is 1. The quantitative estimate of drug-likeness (QED) is 0.405. The molecule has 1 aliphatic heterocycles. The summed E-state index contributed by atoms with van der Waals surface area (Å²) in [6, 6.07) is -0.847. The summed E-state index contributed by atoms with van der Waals surface area (Å²) in [5.41, 5.74) is 5.41. The van der Waals surface area contributed by atoms with E-state index in [-0.39, 0.29) is 5.70 Å². The van der Waals surface area contributed by atoms with E-state index in [0.717, 1.165) is 4.90 Å². The lowest BCUT2D eigenvalue weighted by Gasteiger charge is -2.34. The number of nitrogens with zero attached hydrogens (tertiary/aromatic N) is 1. The SMILES string of the molecule is C=C1N[C@](O)([C@H](C)N)N(CC(=O)O)C1=O. The smallest absolute Gasteiger partial charge is 0.323 e. The van der Waals surface area contributed by atoms with Gasteiger partial charge in [0.1, 0.15) is 6.54 Å². The van der Waals surface area contributed by atoms with Gasteiger partial charge in [-0.1, -0.05) is 6.58 Å². The second kappa shape index (κ2) is 3.52. The summed E-state index contributed by atoms with van der Waals surface area (Å²) >= 11 is 0. The van der Waals surface area contributed by atoms with E-state index in [2.05, 4.69) is 11.9 Å². The number of hydrogen-bond acceptors (Lipinski definition) is 5. The zero-order chi connectivity index (χ0) is 11.8. The molecule has 0 saturated carbocycles. The Bertz CT molecular complexity index is 328. The molecule has 5 N–H and O–H groups in total. The predicted molar refractivity (Wildman–Crippen MR) is 50.2 cm³/mol. The van der Waals surface area contributed by atoms with Crippen molar-refractivity contribution in [3.63, 3.8) is 0 Å². The molecular formula is C8H13N3O4. The standard InChI is InChI=1S/C8H13N3O4/c1-4-7(14)11(3-6(12)13)8(15,10-4)5(2)9/h5,10,15H,1,3,9H2,2H3,(H,12,13)/t5-,8+/m0/s1. The Morgan fingerprint density at radius 2 is 2.33 bits per heavy atom. The first-order chi connectivity index (χ1) is 6.79. The second-order valence-electron chi connectivity index (χ2n) is 3.40. The van der Waals surface area contributed by atoms with Gasteiger partial charge in [0.2, 0.25) is 5.85 Å². The van der Waals surface area contributed by atoms with Crippen molar-refractivity contribution < 1.29 is 19.8 Å². The lowest BCUT2D eigenvalue weighted by atomic mass is 10.2. The summed E-state index contributed by atoms with van der Waals surface area (Å²) in [5.74, 6) is -3.79. The highest BCUT2D eigenvalue weighted by molar-refractivity contribution is 5.96. The van der Waals surface area contributed by atoms with Gasteiger partial charge in [-0.15, -0.1) is 0 Å². The van der Waals surface area contributed by atoms with E-state index in [0.29, 0.717) is 0 Å². The van der Waals surface area contributed by atoms with Crippen molar-refractivity contribution in [2.24, 2.45) is 5.73 Å². The number of hydrogen-bond donors (Lipinski definition) is 4. The molecule has 0 bridgehead atoms. The third kappa shape index (κ3) is 1.79. The van der Waals surface area contributed by atoms with Gasteiger partial charge < -0.3 is 21.3 Å². The predicted octanol–water partition coefficient (Wildman–Crippen LogP) is -1.99. The molecule has 0 aliphatic carbocycles. The maximum Gasteiger partial charge on any atom is 0.323 e. The van der Waals surface area contributed by atoms with E-state index in [9.17, 15) is 14.7 Å². The van der Waals surface area contributed by atoms with Crippen molar-refractivity contribution in [2.45, 2.75) is 18.8 Å². The van der Waals surface area contributed by atoms with Crippen LogP contribution in [-0.2, 0) is 9.59 Å². The number of nitrogens with one attached hydrogen (secondary N) is 1. The minimum Gasteiger partial charge on any atom is -0.480 e. The summed E-state index contributed by atoms with van der Waals surface area (Å²) in [5, 5.41) is 20.9. The van der Waals surface area contributed by atoms with Gasteiger partial charge in [0.05, 0.1) is 11.7 Å². The topological polar surface area (TPSA) is 116 Å². The first-order valence-corrected chi connectivity index (χ1v) is 4.28. The fourth-order valence-electron chi connectivity index (χ4n) is 1.35. The summed E-state index contributed by atoms with van der Waals surface area (Å²) in [7, 11) is 0. The molecular weight excluding hydrogens is 202 g/mol. The van der Waals surface area contributed by atoms with Crippen molar-refractivity contribution in [3.05, 3.63) is 12.3 Å². The number of carbonyl (C=O) groups is 2. The molecule has 0 radical (unpaired) electrons. The van der Waals surface area contributed by atoms with E-state index < -0.39 is 30.3 Å². The van der Waals surface area contributed by atoms with Crippen LogP contribution < -0.4 is 11.1 Å². The minimum atomic E-state index is -1.88. The second-order valence-corrected chi connectivity index (χ2v) is 3.40. The molecule has 0 spiro atoms. The van der Waals surface area contributed by atoms with Crippen molar-refractivity contribution >= 4 is 11.9 Å².